The molecule has 2 aromatic rings. The molecular weight excluding hydrogens is 298 g/mol. The lowest BCUT2D eigenvalue weighted by molar-refractivity contribution is 0.0922. The quantitative estimate of drug-likeness (QED) is 0.872. The largest absolute Gasteiger partial charge is 0.380 e. The monoisotopic (exact) mass is 323 g/mol. The first-order chi connectivity index (χ1) is 11.7. The third-order valence-electron chi connectivity index (χ3n) is 4.52. The Balaban J connectivity index is 1.53. The summed E-state index contributed by atoms with van der Waals surface area (Å²) in [5.74, 6) is -0.0628. The van der Waals surface area contributed by atoms with Crippen LogP contribution in [-0.4, -0.2) is 16.9 Å². The van der Waals surface area contributed by atoms with Gasteiger partial charge in [0.1, 0.15) is 5.69 Å². The third-order valence-corrected chi connectivity index (χ3v) is 4.52. The standard InChI is InChI=1S/C20H25N3O/c1-15-6-5-7-16(12-15)13-21-18-10-11-19(22-14-18)20(24)23-17-8-3-2-4-9-17/h5-7,10-12,14,17,21H,2-4,8-9,13H2,1H3,(H,23,24). The molecule has 1 aliphatic rings. The van der Waals surface area contributed by atoms with Gasteiger partial charge in [-0.15, -0.1) is 0 Å². The van der Waals surface area contributed by atoms with Gasteiger partial charge in [0.25, 0.3) is 5.91 Å². The highest BCUT2D eigenvalue weighted by atomic mass is 16.1. The number of anilines is 1. The molecule has 0 radical (unpaired) electrons. The Bertz CT molecular complexity index is 676. The lowest BCUT2D eigenvalue weighted by Crippen LogP contribution is -2.36. The Morgan fingerprint density at radius 2 is 2.00 bits per heavy atom. The molecule has 0 bridgehead atoms. The van der Waals surface area contributed by atoms with Crippen LogP contribution in [0.25, 0.3) is 0 Å². The van der Waals surface area contributed by atoms with Crippen LogP contribution in [0.15, 0.2) is 42.6 Å². The summed E-state index contributed by atoms with van der Waals surface area (Å²) in [7, 11) is 0. The van der Waals surface area contributed by atoms with E-state index in [0.29, 0.717) is 11.7 Å². The molecule has 0 atom stereocenters. The van der Waals surface area contributed by atoms with Crippen molar-refractivity contribution in [1.82, 2.24) is 10.3 Å². The van der Waals surface area contributed by atoms with E-state index in [1.807, 2.05) is 6.07 Å². The third kappa shape index (κ3) is 4.57. The van der Waals surface area contributed by atoms with Crippen molar-refractivity contribution in [1.29, 1.82) is 0 Å². The van der Waals surface area contributed by atoms with Gasteiger partial charge in [0.2, 0.25) is 0 Å². The second-order valence-electron chi connectivity index (χ2n) is 6.58. The molecule has 1 saturated carbocycles. The first-order valence-corrected chi connectivity index (χ1v) is 8.77. The van der Waals surface area contributed by atoms with Gasteiger partial charge in [0, 0.05) is 12.6 Å². The van der Waals surface area contributed by atoms with Gasteiger partial charge < -0.3 is 10.6 Å². The van der Waals surface area contributed by atoms with Gasteiger partial charge in [-0.05, 0) is 37.5 Å². The van der Waals surface area contributed by atoms with Crippen LogP contribution in [0.2, 0.25) is 0 Å². The molecule has 2 N–H and O–H groups in total. The maximum Gasteiger partial charge on any atom is 0.270 e. The van der Waals surface area contributed by atoms with E-state index in [4.69, 9.17) is 0 Å². The number of aromatic nitrogens is 1. The molecule has 24 heavy (non-hydrogen) atoms. The summed E-state index contributed by atoms with van der Waals surface area (Å²) in [4.78, 5) is 16.5. The molecule has 4 nitrogen and oxygen atoms in total. The lowest BCUT2D eigenvalue weighted by atomic mass is 9.95. The van der Waals surface area contributed by atoms with Crippen LogP contribution in [0, 0.1) is 6.92 Å². The van der Waals surface area contributed by atoms with Crippen LogP contribution in [0.5, 0.6) is 0 Å². The minimum Gasteiger partial charge on any atom is -0.380 e. The molecule has 1 aromatic heterocycles. The van der Waals surface area contributed by atoms with Gasteiger partial charge in [0.05, 0.1) is 11.9 Å². The molecule has 1 amide bonds. The zero-order valence-electron chi connectivity index (χ0n) is 14.2. The fourth-order valence-corrected chi connectivity index (χ4v) is 3.17. The second-order valence-corrected chi connectivity index (χ2v) is 6.58. The number of rotatable bonds is 5. The smallest absolute Gasteiger partial charge is 0.270 e. The van der Waals surface area contributed by atoms with E-state index in [1.165, 1.54) is 30.4 Å². The summed E-state index contributed by atoms with van der Waals surface area (Å²) in [6, 6.07) is 12.4. The van der Waals surface area contributed by atoms with Crippen LogP contribution >= 0.6 is 0 Å². The average Bonchev–Trinajstić information content (AvgIpc) is 2.61. The SMILES string of the molecule is Cc1cccc(CNc2ccc(C(=O)NC3CCCCC3)nc2)c1. The van der Waals surface area contributed by atoms with Gasteiger partial charge >= 0.3 is 0 Å². The van der Waals surface area contributed by atoms with Crippen molar-refractivity contribution in [3.63, 3.8) is 0 Å². The fraction of sp³-hybridized carbons (Fsp3) is 0.400. The van der Waals surface area contributed by atoms with Crippen molar-refractivity contribution in [2.24, 2.45) is 0 Å². The van der Waals surface area contributed by atoms with Crippen molar-refractivity contribution in [2.75, 3.05) is 5.32 Å². The summed E-state index contributed by atoms with van der Waals surface area (Å²) in [5, 5.41) is 6.44. The Morgan fingerprint density at radius 3 is 2.71 bits per heavy atom. The van der Waals surface area contributed by atoms with Crippen molar-refractivity contribution in [2.45, 2.75) is 51.6 Å². The normalized spacial score (nSPS) is 15.0. The van der Waals surface area contributed by atoms with Crippen molar-refractivity contribution in [3.8, 4) is 0 Å². The summed E-state index contributed by atoms with van der Waals surface area (Å²) in [5.41, 5.74) is 3.89. The van der Waals surface area contributed by atoms with Gasteiger partial charge in [0.15, 0.2) is 0 Å². The van der Waals surface area contributed by atoms with Crippen molar-refractivity contribution >= 4 is 11.6 Å². The Morgan fingerprint density at radius 1 is 1.17 bits per heavy atom. The molecule has 0 aliphatic heterocycles. The maximum absolute atomic E-state index is 12.2. The number of hydrogen-bond acceptors (Lipinski definition) is 3. The number of pyridine rings is 1. The van der Waals surface area contributed by atoms with E-state index in [9.17, 15) is 4.79 Å². The maximum atomic E-state index is 12.2. The zero-order chi connectivity index (χ0) is 16.8. The molecule has 126 valence electrons. The molecule has 1 heterocycles. The van der Waals surface area contributed by atoms with E-state index >= 15 is 0 Å². The minimum absolute atomic E-state index is 0.0628. The van der Waals surface area contributed by atoms with Crippen molar-refractivity contribution in [3.05, 3.63) is 59.4 Å². The van der Waals surface area contributed by atoms with Crippen LogP contribution in [0.3, 0.4) is 0 Å². The molecule has 1 aliphatic carbocycles. The molecule has 0 unspecified atom stereocenters. The first kappa shape index (κ1) is 16.5. The van der Waals surface area contributed by atoms with Gasteiger partial charge in [-0.2, -0.15) is 0 Å². The molecular formula is C20H25N3O. The number of carbonyl (C=O) groups is 1. The molecule has 1 fully saturated rings. The van der Waals surface area contributed by atoms with Crippen LogP contribution in [-0.2, 0) is 6.54 Å². The summed E-state index contributed by atoms with van der Waals surface area (Å²) in [6.45, 7) is 2.84. The van der Waals surface area contributed by atoms with Crippen molar-refractivity contribution < 1.29 is 4.79 Å². The summed E-state index contributed by atoms with van der Waals surface area (Å²) in [6.07, 6.45) is 7.60. The summed E-state index contributed by atoms with van der Waals surface area (Å²) < 4.78 is 0. The van der Waals surface area contributed by atoms with Crippen LogP contribution in [0.4, 0.5) is 5.69 Å². The first-order valence-electron chi connectivity index (χ1n) is 8.77. The van der Waals surface area contributed by atoms with E-state index in [-0.39, 0.29) is 5.91 Å². The number of amides is 1. The average molecular weight is 323 g/mol. The molecule has 0 saturated heterocycles. The Labute approximate surface area is 143 Å². The van der Waals surface area contributed by atoms with E-state index in [2.05, 4.69) is 46.8 Å². The van der Waals surface area contributed by atoms with E-state index in [1.54, 1.807) is 12.3 Å². The summed E-state index contributed by atoms with van der Waals surface area (Å²) >= 11 is 0. The zero-order valence-corrected chi connectivity index (χ0v) is 14.2. The van der Waals surface area contributed by atoms with E-state index in [0.717, 1.165) is 25.1 Å². The molecule has 1 aromatic carbocycles. The van der Waals surface area contributed by atoms with Gasteiger partial charge in [-0.3, -0.25) is 4.79 Å². The highest BCUT2D eigenvalue weighted by Crippen LogP contribution is 2.18. The number of benzene rings is 1. The lowest BCUT2D eigenvalue weighted by Gasteiger charge is -2.22. The second kappa shape index (κ2) is 7.95. The number of aryl methyl sites for hydroxylation is 1. The predicted molar refractivity (Wildman–Crippen MR) is 97.1 cm³/mol. The topological polar surface area (TPSA) is 54.0 Å². The number of nitrogens with one attached hydrogen (secondary N) is 2. The highest BCUT2D eigenvalue weighted by molar-refractivity contribution is 5.92. The Kier molecular flexibility index (Phi) is 5.47. The van der Waals surface area contributed by atoms with Crippen LogP contribution < -0.4 is 10.6 Å². The van der Waals surface area contributed by atoms with Crippen LogP contribution in [0.1, 0.15) is 53.7 Å². The highest BCUT2D eigenvalue weighted by Gasteiger charge is 2.17. The number of carbonyl (C=O) groups excluding carboxylic acids is 1. The van der Waals surface area contributed by atoms with Gasteiger partial charge in [-0.25, -0.2) is 4.98 Å². The number of nitrogens with zero attached hydrogens (tertiary/aromatic N) is 1. The minimum atomic E-state index is -0.0628. The van der Waals surface area contributed by atoms with Gasteiger partial charge in [-0.1, -0.05) is 49.1 Å². The molecule has 3 rings (SSSR count). The number of hydrogen-bond donors (Lipinski definition) is 2. The molecule has 4 heteroatoms. The predicted octanol–water partition coefficient (Wildman–Crippen LogP) is 4.06. The van der Waals surface area contributed by atoms with E-state index < -0.39 is 0 Å². The fourth-order valence-electron chi connectivity index (χ4n) is 3.17. The molecule has 0 spiro atoms. The Hall–Kier alpha value is -2.36.